The van der Waals surface area contributed by atoms with Crippen molar-refractivity contribution in [1.29, 1.82) is 0 Å². The number of hydrogen-bond donors (Lipinski definition) is 1. The number of aryl methyl sites for hydroxylation is 1. The van der Waals surface area contributed by atoms with Gasteiger partial charge in [0.15, 0.2) is 0 Å². The van der Waals surface area contributed by atoms with Crippen LogP contribution in [0.3, 0.4) is 0 Å². The number of aromatic nitrogens is 2. The van der Waals surface area contributed by atoms with Gasteiger partial charge in [-0.05, 0) is 72.8 Å². The van der Waals surface area contributed by atoms with Crippen molar-refractivity contribution in [3.63, 3.8) is 0 Å². The van der Waals surface area contributed by atoms with Gasteiger partial charge in [-0.15, -0.1) is 0 Å². The number of benzene rings is 1. The van der Waals surface area contributed by atoms with Gasteiger partial charge in [-0.1, -0.05) is 13.0 Å². The molecule has 0 fully saturated rings. The zero-order valence-corrected chi connectivity index (χ0v) is 14.3. The van der Waals surface area contributed by atoms with Gasteiger partial charge in [-0.3, -0.25) is 0 Å². The number of nitrogens with zero attached hydrogens (tertiary/aromatic N) is 2. The second-order valence-electron chi connectivity index (χ2n) is 5.71. The summed E-state index contributed by atoms with van der Waals surface area (Å²) >= 11 is 3.74. The molecule has 0 saturated heterocycles. The van der Waals surface area contributed by atoms with Crippen LogP contribution in [0, 0.1) is 0 Å². The molecule has 0 radical (unpaired) electrons. The van der Waals surface area contributed by atoms with Crippen LogP contribution in [-0.4, -0.2) is 16.1 Å². The van der Waals surface area contributed by atoms with Gasteiger partial charge in [0.1, 0.15) is 0 Å². The first kappa shape index (κ1) is 14.8. The van der Waals surface area contributed by atoms with Gasteiger partial charge in [0.05, 0.1) is 17.7 Å². The summed E-state index contributed by atoms with van der Waals surface area (Å²) in [6, 6.07) is 7.00. The normalized spacial score (nSPS) is 15.8. The molecule has 1 aromatic heterocycles. The number of rotatable bonds is 4. The number of halogens is 1. The van der Waals surface area contributed by atoms with E-state index in [1.54, 1.807) is 0 Å². The molecular formula is C17H22BrN3. The molecule has 3 rings (SSSR count). The molecule has 0 spiro atoms. The molecule has 1 aromatic carbocycles. The molecule has 2 aromatic rings. The smallest absolute Gasteiger partial charge is 0.0998 e. The molecule has 0 aliphatic heterocycles. The Balaban J connectivity index is 1.94. The fraction of sp³-hybridized carbons (Fsp3) is 0.471. The molecule has 1 N–H and O–H groups in total. The van der Waals surface area contributed by atoms with Gasteiger partial charge in [0.2, 0.25) is 0 Å². The highest BCUT2D eigenvalue weighted by Gasteiger charge is 2.17. The summed E-state index contributed by atoms with van der Waals surface area (Å²) in [5.41, 5.74) is 5.16. The SMILES string of the molecule is CCNC(C)c1ccc(-n2cnc3c2CCCC3)c(Br)c1. The van der Waals surface area contributed by atoms with Crippen LogP contribution in [0.15, 0.2) is 29.0 Å². The lowest BCUT2D eigenvalue weighted by molar-refractivity contribution is 0.597. The maximum atomic E-state index is 4.59. The third kappa shape index (κ3) is 2.92. The van der Waals surface area contributed by atoms with Gasteiger partial charge < -0.3 is 9.88 Å². The largest absolute Gasteiger partial charge is 0.310 e. The highest BCUT2D eigenvalue weighted by atomic mass is 79.9. The summed E-state index contributed by atoms with van der Waals surface area (Å²) in [7, 11) is 0. The van der Waals surface area contributed by atoms with Crippen LogP contribution in [-0.2, 0) is 12.8 Å². The Morgan fingerprint density at radius 1 is 1.33 bits per heavy atom. The van der Waals surface area contributed by atoms with Crippen LogP contribution in [0.1, 0.15) is 49.7 Å². The number of fused-ring (bicyclic) bond motifs is 1. The molecule has 1 atom stereocenters. The van der Waals surface area contributed by atoms with Gasteiger partial charge >= 0.3 is 0 Å². The van der Waals surface area contributed by atoms with E-state index in [4.69, 9.17) is 0 Å². The summed E-state index contributed by atoms with van der Waals surface area (Å²) < 4.78 is 3.39. The Labute approximate surface area is 134 Å². The Bertz CT molecular complexity index is 633. The molecule has 1 unspecified atom stereocenters. The minimum absolute atomic E-state index is 0.372. The van der Waals surface area contributed by atoms with Crippen molar-refractivity contribution in [2.75, 3.05) is 6.54 Å². The Hall–Kier alpha value is -1.13. The van der Waals surface area contributed by atoms with Crippen molar-refractivity contribution in [3.8, 4) is 5.69 Å². The van der Waals surface area contributed by atoms with E-state index in [0.717, 1.165) is 23.9 Å². The topological polar surface area (TPSA) is 29.9 Å². The summed E-state index contributed by atoms with van der Waals surface area (Å²) in [5, 5.41) is 3.45. The minimum Gasteiger partial charge on any atom is -0.310 e. The van der Waals surface area contributed by atoms with Crippen LogP contribution in [0.2, 0.25) is 0 Å². The molecule has 0 saturated carbocycles. The van der Waals surface area contributed by atoms with Gasteiger partial charge in [0, 0.05) is 16.2 Å². The highest BCUT2D eigenvalue weighted by Crippen LogP contribution is 2.29. The number of imidazole rings is 1. The maximum Gasteiger partial charge on any atom is 0.0998 e. The lowest BCUT2D eigenvalue weighted by atomic mass is 10.0. The first-order chi connectivity index (χ1) is 10.2. The van der Waals surface area contributed by atoms with Crippen LogP contribution in [0.5, 0.6) is 0 Å². The molecule has 3 nitrogen and oxygen atoms in total. The van der Waals surface area contributed by atoms with E-state index in [1.807, 2.05) is 6.33 Å². The monoisotopic (exact) mass is 347 g/mol. The fourth-order valence-corrected chi connectivity index (χ4v) is 3.68. The van der Waals surface area contributed by atoms with E-state index >= 15 is 0 Å². The van der Waals surface area contributed by atoms with Crippen LogP contribution < -0.4 is 5.32 Å². The Morgan fingerprint density at radius 2 is 2.14 bits per heavy atom. The van der Waals surface area contributed by atoms with E-state index in [9.17, 15) is 0 Å². The standard InChI is InChI=1S/C17H22BrN3/c1-3-19-12(2)13-8-9-16(14(18)10-13)21-11-20-15-6-4-5-7-17(15)21/h8-12,19H,3-7H2,1-2H3. The zero-order chi connectivity index (χ0) is 14.8. The van der Waals surface area contributed by atoms with Crippen molar-refractivity contribution < 1.29 is 0 Å². The van der Waals surface area contributed by atoms with Crippen LogP contribution >= 0.6 is 15.9 Å². The van der Waals surface area contributed by atoms with Gasteiger partial charge in [0.25, 0.3) is 0 Å². The molecule has 0 bridgehead atoms. The molecular weight excluding hydrogens is 326 g/mol. The zero-order valence-electron chi connectivity index (χ0n) is 12.7. The molecule has 21 heavy (non-hydrogen) atoms. The number of nitrogens with one attached hydrogen (secondary N) is 1. The van der Waals surface area contributed by atoms with Crippen molar-refractivity contribution in [2.24, 2.45) is 0 Å². The summed E-state index contributed by atoms with van der Waals surface area (Å²) in [6.07, 6.45) is 6.77. The van der Waals surface area contributed by atoms with E-state index in [1.165, 1.54) is 35.5 Å². The maximum absolute atomic E-state index is 4.59. The van der Waals surface area contributed by atoms with E-state index in [0.29, 0.717) is 6.04 Å². The van der Waals surface area contributed by atoms with E-state index in [2.05, 4.69) is 62.8 Å². The Kier molecular flexibility index (Phi) is 4.45. The summed E-state index contributed by atoms with van der Waals surface area (Å²) in [5.74, 6) is 0. The average Bonchev–Trinajstić information content (AvgIpc) is 2.91. The van der Waals surface area contributed by atoms with Crippen molar-refractivity contribution in [1.82, 2.24) is 14.9 Å². The van der Waals surface area contributed by atoms with Crippen molar-refractivity contribution in [2.45, 2.75) is 45.6 Å². The molecule has 4 heteroatoms. The second-order valence-corrected chi connectivity index (χ2v) is 6.56. The molecule has 112 valence electrons. The molecule has 1 aliphatic carbocycles. The lowest BCUT2D eigenvalue weighted by Gasteiger charge is -2.17. The predicted molar refractivity (Wildman–Crippen MR) is 90.0 cm³/mol. The van der Waals surface area contributed by atoms with E-state index in [-0.39, 0.29) is 0 Å². The lowest BCUT2D eigenvalue weighted by Crippen LogP contribution is -2.17. The van der Waals surface area contributed by atoms with Gasteiger partial charge in [-0.25, -0.2) is 4.98 Å². The van der Waals surface area contributed by atoms with Crippen molar-refractivity contribution in [3.05, 3.63) is 46.0 Å². The molecule has 1 heterocycles. The Morgan fingerprint density at radius 3 is 2.90 bits per heavy atom. The third-order valence-electron chi connectivity index (χ3n) is 4.27. The third-order valence-corrected chi connectivity index (χ3v) is 4.91. The average molecular weight is 348 g/mol. The first-order valence-electron chi connectivity index (χ1n) is 7.79. The number of hydrogen-bond acceptors (Lipinski definition) is 2. The van der Waals surface area contributed by atoms with E-state index < -0.39 is 0 Å². The van der Waals surface area contributed by atoms with Crippen LogP contribution in [0.25, 0.3) is 5.69 Å². The minimum atomic E-state index is 0.372. The van der Waals surface area contributed by atoms with Crippen molar-refractivity contribution >= 4 is 15.9 Å². The first-order valence-corrected chi connectivity index (χ1v) is 8.58. The second kappa shape index (κ2) is 6.32. The summed E-state index contributed by atoms with van der Waals surface area (Å²) in [6.45, 7) is 5.32. The quantitative estimate of drug-likeness (QED) is 0.898. The van der Waals surface area contributed by atoms with Crippen LogP contribution in [0.4, 0.5) is 0 Å². The molecule has 0 amide bonds. The fourth-order valence-electron chi connectivity index (χ4n) is 3.09. The van der Waals surface area contributed by atoms with Gasteiger partial charge in [-0.2, -0.15) is 0 Å². The highest BCUT2D eigenvalue weighted by molar-refractivity contribution is 9.10. The molecule has 1 aliphatic rings. The predicted octanol–water partition coefficient (Wildman–Crippen LogP) is 4.18. The summed E-state index contributed by atoms with van der Waals surface area (Å²) in [4.78, 5) is 4.59.